The van der Waals surface area contributed by atoms with Gasteiger partial charge in [-0.05, 0) is 56.1 Å². The van der Waals surface area contributed by atoms with Gasteiger partial charge in [-0.25, -0.2) is 9.18 Å². The smallest absolute Gasteiger partial charge is 0.326 e. The number of hydrogen-bond donors (Lipinski definition) is 2. The van der Waals surface area contributed by atoms with Crippen LogP contribution < -0.4 is 5.32 Å². The van der Waals surface area contributed by atoms with Crippen LogP contribution in [0.1, 0.15) is 59.9 Å². The first-order valence-corrected chi connectivity index (χ1v) is 11.6. The zero-order valence-corrected chi connectivity index (χ0v) is 19.4. The third kappa shape index (κ3) is 7.20. The Morgan fingerprint density at radius 2 is 2.03 bits per heavy atom. The summed E-state index contributed by atoms with van der Waals surface area (Å²) in [4.78, 5) is 32.1. The van der Waals surface area contributed by atoms with E-state index in [4.69, 9.17) is 21.3 Å². The summed E-state index contributed by atoms with van der Waals surface area (Å²) in [6.45, 7) is 2.68. The summed E-state index contributed by atoms with van der Waals surface area (Å²) in [6, 6.07) is 3.08. The van der Waals surface area contributed by atoms with E-state index in [1.165, 1.54) is 24.1 Å². The van der Waals surface area contributed by atoms with Crippen molar-refractivity contribution in [1.29, 1.82) is 0 Å². The fraction of sp³-hybridized carbons (Fsp3) is 0.500. The molecule has 33 heavy (non-hydrogen) atoms. The molecule has 0 aromatic carbocycles. The fourth-order valence-corrected chi connectivity index (χ4v) is 4.08. The van der Waals surface area contributed by atoms with Gasteiger partial charge >= 0.3 is 5.97 Å². The molecular weight excluding hydrogens is 449 g/mol. The molecule has 1 aliphatic carbocycles. The Morgan fingerprint density at radius 3 is 2.79 bits per heavy atom. The molecule has 1 amide bonds. The second-order valence-corrected chi connectivity index (χ2v) is 8.87. The molecule has 2 atom stereocenters. The number of amides is 1. The van der Waals surface area contributed by atoms with E-state index in [9.17, 15) is 19.1 Å². The summed E-state index contributed by atoms with van der Waals surface area (Å²) < 4.78 is 19.5. The van der Waals surface area contributed by atoms with Gasteiger partial charge in [0.15, 0.2) is 5.82 Å². The highest BCUT2D eigenvalue weighted by molar-refractivity contribution is 6.33. The van der Waals surface area contributed by atoms with Gasteiger partial charge in [0.25, 0.3) is 5.91 Å². The lowest BCUT2D eigenvalue weighted by molar-refractivity contribution is -0.139. The number of pyridine rings is 2. The van der Waals surface area contributed by atoms with E-state index in [0.717, 1.165) is 43.8 Å². The molecule has 0 bridgehead atoms. The number of aliphatic carboxylic acids is 1. The molecular formula is C24H29ClFN3O4. The van der Waals surface area contributed by atoms with Crippen LogP contribution in [0.4, 0.5) is 4.39 Å². The van der Waals surface area contributed by atoms with Crippen molar-refractivity contribution in [3.63, 3.8) is 0 Å². The molecule has 7 nitrogen and oxygen atoms in total. The van der Waals surface area contributed by atoms with Crippen molar-refractivity contribution in [1.82, 2.24) is 15.3 Å². The molecule has 2 heterocycles. The first-order chi connectivity index (χ1) is 15.8. The average Bonchev–Trinajstić information content (AvgIpc) is 2.79. The van der Waals surface area contributed by atoms with Crippen molar-refractivity contribution in [2.24, 2.45) is 5.92 Å². The van der Waals surface area contributed by atoms with Gasteiger partial charge in [-0.2, -0.15) is 0 Å². The van der Waals surface area contributed by atoms with E-state index in [1.807, 2.05) is 0 Å². The monoisotopic (exact) mass is 477 g/mol. The number of carbonyl (C=O) groups excluding carboxylic acids is 1. The van der Waals surface area contributed by atoms with Crippen LogP contribution in [-0.4, -0.2) is 46.2 Å². The minimum atomic E-state index is -1.23. The lowest BCUT2D eigenvalue weighted by Crippen LogP contribution is -2.42. The Hall–Kier alpha value is -2.58. The number of carbonyl (C=O) groups is 2. The van der Waals surface area contributed by atoms with E-state index in [1.54, 1.807) is 0 Å². The molecule has 0 saturated heterocycles. The van der Waals surface area contributed by atoms with Gasteiger partial charge in [0.1, 0.15) is 6.04 Å². The van der Waals surface area contributed by atoms with Gasteiger partial charge in [-0.15, -0.1) is 0 Å². The Bertz CT molecular complexity index is 968. The first-order valence-electron chi connectivity index (χ1n) is 11.2. The van der Waals surface area contributed by atoms with Gasteiger partial charge in [0, 0.05) is 37.2 Å². The third-order valence-corrected chi connectivity index (χ3v) is 6.05. The molecule has 0 saturated carbocycles. The van der Waals surface area contributed by atoms with Crippen LogP contribution in [0.25, 0.3) is 0 Å². The van der Waals surface area contributed by atoms with Gasteiger partial charge < -0.3 is 15.2 Å². The second-order valence-electron chi connectivity index (χ2n) is 8.47. The van der Waals surface area contributed by atoms with Gasteiger partial charge in [-0.1, -0.05) is 24.6 Å². The van der Waals surface area contributed by atoms with Crippen LogP contribution in [0, 0.1) is 11.7 Å². The van der Waals surface area contributed by atoms with Crippen molar-refractivity contribution in [3.05, 3.63) is 57.9 Å². The molecule has 0 spiro atoms. The molecule has 2 N–H and O–H groups in total. The maximum atomic E-state index is 13.8. The highest BCUT2D eigenvalue weighted by Crippen LogP contribution is 2.21. The number of rotatable bonds is 11. The van der Waals surface area contributed by atoms with Crippen molar-refractivity contribution in [2.45, 2.75) is 57.9 Å². The minimum absolute atomic E-state index is 0.0461. The lowest BCUT2D eigenvalue weighted by atomic mass is 9.95. The van der Waals surface area contributed by atoms with E-state index in [-0.39, 0.29) is 24.0 Å². The Balaban J connectivity index is 1.40. The number of fused-ring (bicyclic) bond motifs is 1. The quantitative estimate of drug-likeness (QED) is 0.474. The largest absolute Gasteiger partial charge is 0.480 e. The molecule has 0 radical (unpaired) electrons. The SMILES string of the molecule is C[C@@H](CCc1ccc2c(n1)CCCC2)COCC[C@H](NC(=O)c1c(F)cncc1Cl)C(=O)O. The number of hydrogen-bond acceptors (Lipinski definition) is 5. The predicted octanol–water partition coefficient (Wildman–Crippen LogP) is 4.01. The average molecular weight is 478 g/mol. The first kappa shape index (κ1) is 25.1. The minimum Gasteiger partial charge on any atom is -0.480 e. The van der Waals surface area contributed by atoms with E-state index >= 15 is 0 Å². The fourth-order valence-electron chi connectivity index (χ4n) is 3.85. The third-order valence-electron chi connectivity index (χ3n) is 5.77. The molecule has 3 rings (SSSR count). The van der Waals surface area contributed by atoms with E-state index in [0.29, 0.717) is 6.61 Å². The lowest BCUT2D eigenvalue weighted by Gasteiger charge is -2.17. The zero-order chi connectivity index (χ0) is 23.8. The number of aromatic nitrogens is 2. The molecule has 2 aromatic rings. The van der Waals surface area contributed by atoms with Crippen molar-refractivity contribution < 1.29 is 23.8 Å². The van der Waals surface area contributed by atoms with Crippen LogP contribution in [-0.2, 0) is 28.8 Å². The molecule has 0 aliphatic heterocycles. The molecule has 0 fully saturated rings. The molecule has 9 heteroatoms. The van der Waals surface area contributed by atoms with Gasteiger partial charge in [-0.3, -0.25) is 14.8 Å². The Morgan fingerprint density at radius 1 is 1.24 bits per heavy atom. The van der Waals surface area contributed by atoms with Crippen LogP contribution in [0.3, 0.4) is 0 Å². The van der Waals surface area contributed by atoms with Crippen molar-refractivity contribution in [3.8, 4) is 0 Å². The normalized spacial score (nSPS) is 14.9. The molecule has 1 aliphatic rings. The second kappa shape index (κ2) is 12.0. The topological polar surface area (TPSA) is 101 Å². The van der Waals surface area contributed by atoms with Crippen LogP contribution >= 0.6 is 11.6 Å². The highest BCUT2D eigenvalue weighted by atomic mass is 35.5. The number of halogens is 2. The summed E-state index contributed by atoms with van der Waals surface area (Å²) in [7, 11) is 0. The Kier molecular flexibility index (Phi) is 9.14. The molecule has 0 unspecified atom stereocenters. The summed E-state index contributed by atoms with van der Waals surface area (Å²) in [5.41, 5.74) is 3.27. The molecule has 178 valence electrons. The van der Waals surface area contributed by atoms with Crippen LogP contribution in [0.5, 0.6) is 0 Å². The zero-order valence-electron chi connectivity index (χ0n) is 18.7. The summed E-state index contributed by atoms with van der Waals surface area (Å²) in [5, 5.41) is 11.5. The van der Waals surface area contributed by atoms with Crippen molar-refractivity contribution in [2.75, 3.05) is 13.2 Å². The maximum absolute atomic E-state index is 13.8. The van der Waals surface area contributed by atoms with Gasteiger partial charge in [0.2, 0.25) is 0 Å². The number of carboxylic acid groups (broad SMARTS) is 1. The number of ether oxygens (including phenoxy) is 1. The number of carboxylic acids is 1. The summed E-state index contributed by atoms with van der Waals surface area (Å²) in [6.07, 6.45) is 8.41. The summed E-state index contributed by atoms with van der Waals surface area (Å²) in [5.74, 6) is -2.78. The number of nitrogens with one attached hydrogen (secondary N) is 1. The maximum Gasteiger partial charge on any atom is 0.326 e. The van der Waals surface area contributed by atoms with E-state index < -0.39 is 29.3 Å². The standard InChI is InChI=1S/C24H29ClFN3O4/c1-15(6-8-17-9-7-16-4-2-3-5-20(16)28-17)14-33-11-10-21(24(31)32)29-23(30)22-18(25)12-27-13-19(22)26/h7,9,12-13,15,21H,2-6,8,10-11,14H2,1H3,(H,29,30)(H,31,32)/t15-,21-/m0/s1. The predicted molar refractivity (Wildman–Crippen MR) is 122 cm³/mol. The number of nitrogens with zero attached hydrogens (tertiary/aromatic N) is 2. The van der Waals surface area contributed by atoms with Crippen molar-refractivity contribution >= 4 is 23.5 Å². The van der Waals surface area contributed by atoms with Gasteiger partial charge in [0.05, 0.1) is 16.8 Å². The Labute approximate surface area is 197 Å². The number of aryl methyl sites for hydroxylation is 3. The van der Waals surface area contributed by atoms with E-state index in [2.05, 4.69) is 29.4 Å². The summed E-state index contributed by atoms with van der Waals surface area (Å²) >= 11 is 5.82. The molecule has 2 aromatic heterocycles. The highest BCUT2D eigenvalue weighted by Gasteiger charge is 2.24. The van der Waals surface area contributed by atoms with Crippen LogP contribution in [0.2, 0.25) is 5.02 Å². The van der Waals surface area contributed by atoms with Crippen LogP contribution in [0.15, 0.2) is 24.5 Å².